The first-order valence-corrected chi connectivity index (χ1v) is 10.2. The van der Waals surface area contributed by atoms with Gasteiger partial charge in [0, 0.05) is 25.0 Å². The van der Waals surface area contributed by atoms with Crippen molar-refractivity contribution >= 4 is 29.9 Å². The predicted molar refractivity (Wildman–Crippen MR) is 134 cm³/mol. The third-order valence-corrected chi connectivity index (χ3v) is 4.79. The molecule has 0 amide bonds. The van der Waals surface area contributed by atoms with Crippen LogP contribution in [0.15, 0.2) is 47.6 Å². The van der Waals surface area contributed by atoms with Crippen LogP contribution in [-0.4, -0.2) is 33.8 Å². The summed E-state index contributed by atoms with van der Waals surface area (Å²) in [5.41, 5.74) is 5.14. The van der Waals surface area contributed by atoms with Crippen LogP contribution in [0.5, 0.6) is 0 Å². The maximum atomic E-state index is 13.2. The fourth-order valence-corrected chi connectivity index (χ4v) is 3.26. The van der Waals surface area contributed by atoms with Gasteiger partial charge in [-0.2, -0.15) is 5.10 Å². The van der Waals surface area contributed by atoms with E-state index in [-0.39, 0.29) is 29.8 Å². The van der Waals surface area contributed by atoms with Gasteiger partial charge in [-0.3, -0.25) is 0 Å². The zero-order valence-corrected chi connectivity index (χ0v) is 20.8. The molecule has 0 radical (unpaired) electrons. The zero-order chi connectivity index (χ0) is 21.5. The number of hydrogen-bond acceptors (Lipinski definition) is 3. The van der Waals surface area contributed by atoms with Crippen LogP contribution in [0, 0.1) is 26.6 Å². The van der Waals surface area contributed by atoms with E-state index in [1.54, 1.807) is 6.07 Å². The first kappa shape index (κ1) is 24.8. The molecule has 0 unspecified atom stereocenters. The molecule has 0 aliphatic heterocycles. The van der Waals surface area contributed by atoms with E-state index < -0.39 is 0 Å². The smallest absolute Gasteiger partial charge is 0.191 e. The molecule has 0 atom stereocenters. The number of aryl methyl sites for hydroxylation is 3. The van der Waals surface area contributed by atoms with Crippen molar-refractivity contribution in [1.82, 2.24) is 25.4 Å². The molecule has 0 aliphatic carbocycles. The van der Waals surface area contributed by atoms with E-state index in [1.165, 1.54) is 6.07 Å². The van der Waals surface area contributed by atoms with Crippen molar-refractivity contribution in [2.75, 3.05) is 13.1 Å². The molecule has 2 aromatic heterocycles. The molecule has 0 spiro atoms. The number of aromatic nitrogens is 3. The van der Waals surface area contributed by atoms with Crippen LogP contribution in [-0.2, 0) is 13.0 Å². The summed E-state index contributed by atoms with van der Waals surface area (Å²) in [4.78, 5) is 9.17. The topological polar surface area (TPSA) is 67.1 Å². The summed E-state index contributed by atoms with van der Waals surface area (Å²) in [6, 6.07) is 10.9. The number of aliphatic imine (C=N–C) groups is 1. The predicted octanol–water partition coefficient (Wildman–Crippen LogP) is 4.25. The standard InChI is InChI=1S/C23H29FN6.HI/c1-5-25-23(26-11-10-20-7-8-21(24)12-16(20)2)28-15-19-6-9-22(27-14-19)30-18(4)13-17(3)29-30;/h6-9,12-14H,5,10-11,15H2,1-4H3,(H2,25,26,28);1H. The van der Waals surface area contributed by atoms with Gasteiger partial charge in [0.1, 0.15) is 5.82 Å². The number of hydrogen-bond donors (Lipinski definition) is 2. The lowest BCUT2D eigenvalue weighted by atomic mass is 10.1. The van der Waals surface area contributed by atoms with E-state index in [4.69, 9.17) is 0 Å². The minimum absolute atomic E-state index is 0. The average Bonchev–Trinajstić information content (AvgIpc) is 3.06. The van der Waals surface area contributed by atoms with Crippen LogP contribution >= 0.6 is 24.0 Å². The SMILES string of the molecule is CCNC(=NCc1ccc(-n2nc(C)cc2C)nc1)NCCc1ccc(F)cc1C.I. The minimum Gasteiger partial charge on any atom is -0.357 e. The summed E-state index contributed by atoms with van der Waals surface area (Å²) in [6.45, 7) is 9.96. The molecule has 0 saturated heterocycles. The Morgan fingerprint density at radius 1 is 1.10 bits per heavy atom. The second-order valence-corrected chi connectivity index (χ2v) is 7.31. The van der Waals surface area contributed by atoms with Crippen LogP contribution < -0.4 is 10.6 Å². The molecule has 0 bridgehead atoms. The first-order chi connectivity index (χ1) is 14.5. The highest BCUT2D eigenvalue weighted by Crippen LogP contribution is 2.11. The number of benzene rings is 1. The quantitative estimate of drug-likeness (QED) is 0.269. The molecule has 166 valence electrons. The third-order valence-electron chi connectivity index (χ3n) is 4.79. The van der Waals surface area contributed by atoms with Crippen LogP contribution in [0.2, 0.25) is 0 Å². The van der Waals surface area contributed by atoms with E-state index in [0.29, 0.717) is 13.1 Å². The Kier molecular flexibility index (Phi) is 9.42. The highest BCUT2D eigenvalue weighted by Gasteiger charge is 2.05. The highest BCUT2D eigenvalue weighted by atomic mass is 127. The molecule has 0 saturated carbocycles. The Labute approximate surface area is 200 Å². The van der Waals surface area contributed by atoms with Crippen molar-refractivity contribution in [3.05, 3.63) is 76.5 Å². The van der Waals surface area contributed by atoms with Crippen molar-refractivity contribution in [1.29, 1.82) is 0 Å². The summed E-state index contributed by atoms with van der Waals surface area (Å²) in [7, 11) is 0. The summed E-state index contributed by atoms with van der Waals surface area (Å²) >= 11 is 0. The highest BCUT2D eigenvalue weighted by molar-refractivity contribution is 14.0. The first-order valence-electron chi connectivity index (χ1n) is 10.2. The van der Waals surface area contributed by atoms with Crippen molar-refractivity contribution in [2.45, 2.75) is 40.7 Å². The molecular formula is C23H30FIN6. The number of guanidine groups is 1. The Morgan fingerprint density at radius 3 is 2.52 bits per heavy atom. The fourth-order valence-electron chi connectivity index (χ4n) is 3.26. The second-order valence-electron chi connectivity index (χ2n) is 7.31. The lowest BCUT2D eigenvalue weighted by Gasteiger charge is -2.12. The maximum absolute atomic E-state index is 13.2. The average molecular weight is 536 g/mol. The summed E-state index contributed by atoms with van der Waals surface area (Å²) in [5, 5.41) is 11.1. The number of rotatable bonds is 7. The second kappa shape index (κ2) is 11.8. The van der Waals surface area contributed by atoms with Gasteiger partial charge < -0.3 is 10.6 Å². The van der Waals surface area contributed by atoms with E-state index in [0.717, 1.165) is 52.8 Å². The normalized spacial score (nSPS) is 11.2. The summed E-state index contributed by atoms with van der Waals surface area (Å²) in [5.74, 6) is 1.35. The Bertz CT molecular complexity index is 1010. The lowest BCUT2D eigenvalue weighted by Crippen LogP contribution is -2.38. The van der Waals surface area contributed by atoms with Crippen molar-refractivity contribution < 1.29 is 4.39 Å². The van der Waals surface area contributed by atoms with Crippen LogP contribution in [0.3, 0.4) is 0 Å². The van der Waals surface area contributed by atoms with Gasteiger partial charge in [-0.25, -0.2) is 19.0 Å². The summed E-state index contributed by atoms with van der Waals surface area (Å²) < 4.78 is 15.1. The van der Waals surface area contributed by atoms with Gasteiger partial charge in [-0.1, -0.05) is 12.1 Å². The fraction of sp³-hybridized carbons (Fsp3) is 0.348. The number of nitrogens with zero attached hydrogens (tertiary/aromatic N) is 4. The summed E-state index contributed by atoms with van der Waals surface area (Å²) in [6.07, 6.45) is 2.64. The molecule has 3 rings (SSSR count). The van der Waals surface area contributed by atoms with Crippen molar-refractivity contribution in [2.24, 2.45) is 4.99 Å². The molecule has 0 aliphatic rings. The molecule has 2 heterocycles. The Balaban J connectivity index is 0.00000341. The maximum Gasteiger partial charge on any atom is 0.191 e. The molecule has 0 fully saturated rings. The molecule has 1 aromatic carbocycles. The largest absolute Gasteiger partial charge is 0.357 e. The van der Waals surface area contributed by atoms with Gasteiger partial charge in [0.15, 0.2) is 11.8 Å². The van der Waals surface area contributed by atoms with Crippen LogP contribution in [0.25, 0.3) is 5.82 Å². The van der Waals surface area contributed by atoms with Gasteiger partial charge in [-0.15, -0.1) is 24.0 Å². The molecular weight excluding hydrogens is 506 g/mol. The minimum atomic E-state index is -0.198. The van der Waals surface area contributed by atoms with Gasteiger partial charge in [-0.05, 0) is 75.1 Å². The Morgan fingerprint density at radius 2 is 1.90 bits per heavy atom. The molecule has 31 heavy (non-hydrogen) atoms. The van der Waals surface area contributed by atoms with E-state index in [2.05, 4.69) is 25.7 Å². The van der Waals surface area contributed by atoms with E-state index >= 15 is 0 Å². The molecule has 3 aromatic rings. The van der Waals surface area contributed by atoms with Crippen molar-refractivity contribution in [3.8, 4) is 5.82 Å². The number of halogens is 2. The monoisotopic (exact) mass is 536 g/mol. The molecule has 6 nitrogen and oxygen atoms in total. The molecule has 8 heteroatoms. The van der Waals surface area contributed by atoms with Gasteiger partial charge in [0.25, 0.3) is 0 Å². The van der Waals surface area contributed by atoms with Gasteiger partial charge in [0.05, 0.1) is 12.2 Å². The van der Waals surface area contributed by atoms with Gasteiger partial charge >= 0.3 is 0 Å². The Hall–Kier alpha value is -2.49. The van der Waals surface area contributed by atoms with Crippen molar-refractivity contribution in [3.63, 3.8) is 0 Å². The van der Waals surface area contributed by atoms with E-state index in [1.807, 2.05) is 62.8 Å². The zero-order valence-electron chi connectivity index (χ0n) is 18.4. The van der Waals surface area contributed by atoms with Crippen LogP contribution in [0.1, 0.15) is 35.0 Å². The third kappa shape index (κ3) is 7.02. The lowest BCUT2D eigenvalue weighted by molar-refractivity contribution is 0.625. The number of pyridine rings is 1. The van der Waals surface area contributed by atoms with Gasteiger partial charge in [0.2, 0.25) is 0 Å². The van der Waals surface area contributed by atoms with E-state index in [9.17, 15) is 4.39 Å². The van der Waals surface area contributed by atoms with Crippen LogP contribution in [0.4, 0.5) is 4.39 Å². The number of nitrogens with one attached hydrogen (secondary N) is 2. The molecule has 2 N–H and O–H groups in total.